The van der Waals surface area contributed by atoms with Gasteiger partial charge in [0.1, 0.15) is 5.75 Å². The van der Waals surface area contributed by atoms with E-state index in [1.807, 2.05) is 37.7 Å². The molecule has 1 heterocycles. The summed E-state index contributed by atoms with van der Waals surface area (Å²) in [5, 5.41) is 3.91. The lowest BCUT2D eigenvalue weighted by Crippen LogP contribution is -2.11. The number of hydrogen-bond acceptors (Lipinski definition) is 3. The second kappa shape index (κ2) is 6.75. The molecule has 1 aliphatic rings. The van der Waals surface area contributed by atoms with E-state index in [0.29, 0.717) is 5.37 Å². The average molecular weight is 225 g/mol. The average Bonchev–Trinajstić information content (AvgIpc) is 2.85. The molecule has 15 heavy (non-hydrogen) atoms. The van der Waals surface area contributed by atoms with Crippen LogP contribution in [0.3, 0.4) is 0 Å². The van der Waals surface area contributed by atoms with Crippen LogP contribution in [0.5, 0.6) is 5.75 Å². The monoisotopic (exact) mass is 225 g/mol. The highest BCUT2D eigenvalue weighted by atomic mass is 32.2. The highest BCUT2D eigenvalue weighted by Crippen LogP contribution is 2.30. The first-order chi connectivity index (χ1) is 7.40. The Bertz CT molecular complexity index is 267. The number of ether oxygens (including phenoxy) is 1. The van der Waals surface area contributed by atoms with E-state index in [2.05, 4.69) is 17.4 Å². The second-order valence-electron chi connectivity index (χ2n) is 2.98. The summed E-state index contributed by atoms with van der Waals surface area (Å²) in [6.07, 6.45) is 0. The van der Waals surface area contributed by atoms with Crippen LogP contribution in [-0.2, 0) is 0 Å². The molecule has 0 amide bonds. The summed E-state index contributed by atoms with van der Waals surface area (Å²) in [4.78, 5) is 0. The zero-order chi connectivity index (χ0) is 11.1. The van der Waals surface area contributed by atoms with Crippen LogP contribution in [0.4, 0.5) is 0 Å². The minimum atomic E-state index is 0.478. The van der Waals surface area contributed by atoms with Gasteiger partial charge in [-0.1, -0.05) is 26.0 Å². The summed E-state index contributed by atoms with van der Waals surface area (Å²) < 4.78 is 5.10. The van der Waals surface area contributed by atoms with Crippen LogP contribution in [-0.4, -0.2) is 19.4 Å². The summed E-state index contributed by atoms with van der Waals surface area (Å²) in [7, 11) is 1.69. The Morgan fingerprint density at radius 3 is 2.40 bits per heavy atom. The highest BCUT2D eigenvalue weighted by Gasteiger charge is 2.15. The maximum Gasteiger partial charge on any atom is 0.118 e. The van der Waals surface area contributed by atoms with E-state index in [9.17, 15) is 0 Å². The maximum absolute atomic E-state index is 5.10. The first-order valence-electron chi connectivity index (χ1n) is 5.39. The highest BCUT2D eigenvalue weighted by molar-refractivity contribution is 7.99. The van der Waals surface area contributed by atoms with E-state index in [4.69, 9.17) is 4.74 Å². The van der Waals surface area contributed by atoms with Gasteiger partial charge < -0.3 is 10.1 Å². The number of methoxy groups -OCH3 is 1. The van der Waals surface area contributed by atoms with Crippen molar-refractivity contribution in [1.82, 2.24) is 5.32 Å². The zero-order valence-electron chi connectivity index (χ0n) is 9.62. The molecule has 1 aromatic rings. The lowest BCUT2D eigenvalue weighted by Gasteiger charge is -2.09. The normalized spacial score (nSPS) is 19.3. The van der Waals surface area contributed by atoms with Gasteiger partial charge in [0.2, 0.25) is 0 Å². The van der Waals surface area contributed by atoms with E-state index in [0.717, 1.165) is 12.3 Å². The van der Waals surface area contributed by atoms with Crippen molar-refractivity contribution < 1.29 is 4.74 Å². The van der Waals surface area contributed by atoms with Crippen LogP contribution in [0.1, 0.15) is 24.8 Å². The molecule has 1 N–H and O–H groups in total. The van der Waals surface area contributed by atoms with Crippen LogP contribution in [0.2, 0.25) is 0 Å². The Kier molecular flexibility index (Phi) is 5.58. The third kappa shape index (κ3) is 3.43. The van der Waals surface area contributed by atoms with Crippen LogP contribution >= 0.6 is 11.8 Å². The molecule has 1 unspecified atom stereocenters. The van der Waals surface area contributed by atoms with Crippen molar-refractivity contribution in [2.45, 2.75) is 19.2 Å². The zero-order valence-corrected chi connectivity index (χ0v) is 10.4. The van der Waals surface area contributed by atoms with Gasteiger partial charge in [0, 0.05) is 12.3 Å². The Hall–Kier alpha value is -0.670. The molecule has 1 fully saturated rings. The molecule has 1 aliphatic heterocycles. The van der Waals surface area contributed by atoms with Gasteiger partial charge in [-0.2, -0.15) is 0 Å². The quantitative estimate of drug-likeness (QED) is 0.836. The minimum Gasteiger partial charge on any atom is -0.497 e. The largest absolute Gasteiger partial charge is 0.497 e. The molecular weight excluding hydrogens is 206 g/mol. The molecular formula is C12H19NOS. The topological polar surface area (TPSA) is 21.3 Å². The number of thioether (sulfide) groups is 1. The van der Waals surface area contributed by atoms with Gasteiger partial charge in [-0.25, -0.2) is 0 Å². The summed E-state index contributed by atoms with van der Waals surface area (Å²) >= 11 is 1.96. The molecule has 1 saturated heterocycles. The summed E-state index contributed by atoms with van der Waals surface area (Å²) in [6, 6.07) is 8.26. The molecule has 2 rings (SSSR count). The van der Waals surface area contributed by atoms with Gasteiger partial charge in [-0.3, -0.25) is 0 Å². The second-order valence-corrected chi connectivity index (χ2v) is 4.19. The molecule has 1 aromatic carbocycles. The molecule has 84 valence electrons. The number of hydrogen-bond donors (Lipinski definition) is 1. The van der Waals surface area contributed by atoms with Crippen LogP contribution in [0.25, 0.3) is 0 Å². The Labute approximate surface area is 96.4 Å². The van der Waals surface area contributed by atoms with Crippen LogP contribution in [0, 0.1) is 0 Å². The lowest BCUT2D eigenvalue weighted by atomic mass is 10.2. The fourth-order valence-electron chi connectivity index (χ4n) is 1.42. The van der Waals surface area contributed by atoms with E-state index in [1.54, 1.807) is 7.11 Å². The van der Waals surface area contributed by atoms with E-state index >= 15 is 0 Å². The molecule has 2 nitrogen and oxygen atoms in total. The summed E-state index contributed by atoms with van der Waals surface area (Å²) in [5.74, 6) is 2.13. The number of rotatable bonds is 2. The number of nitrogens with one attached hydrogen (secondary N) is 1. The van der Waals surface area contributed by atoms with Crippen LogP contribution in [0.15, 0.2) is 24.3 Å². The Morgan fingerprint density at radius 2 is 1.93 bits per heavy atom. The Morgan fingerprint density at radius 1 is 1.27 bits per heavy atom. The SMILES string of the molecule is CC.COc1ccc(C2NCCS2)cc1. The molecule has 0 radical (unpaired) electrons. The van der Waals surface area contributed by atoms with Gasteiger partial charge in [0.15, 0.2) is 0 Å². The van der Waals surface area contributed by atoms with Gasteiger partial charge in [0.25, 0.3) is 0 Å². The maximum atomic E-state index is 5.10. The molecule has 3 heteroatoms. The lowest BCUT2D eigenvalue weighted by molar-refractivity contribution is 0.414. The summed E-state index contributed by atoms with van der Waals surface area (Å²) in [5.41, 5.74) is 1.34. The van der Waals surface area contributed by atoms with Crippen molar-refractivity contribution in [2.24, 2.45) is 0 Å². The standard InChI is InChI=1S/C10H13NOS.C2H6/c1-12-9-4-2-8(3-5-9)10-11-6-7-13-10;1-2/h2-5,10-11H,6-7H2,1H3;1-2H3. The van der Waals surface area contributed by atoms with Gasteiger partial charge in [-0.15, -0.1) is 11.8 Å². The van der Waals surface area contributed by atoms with Crippen LogP contribution < -0.4 is 10.1 Å². The van der Waals surface area contributed by atoms with Crippen molar-refractivity contribution in [3.8, 4) is 5.75 Å². The van der Waals surface area contributed by atoms with E-state index in [1.165, 1.54) is 11.3 Å². The third-order valence-electron chi connectivity index (χ3n) is 2.13. The summed E-state index contributed by atoms with van der Waals surface area (Å²) in [6.45, 7) is 5.11. The van der Waals surface area contributed by atoms with Gasteiger partial charge in [0.05, 0.1) is 12.5 Å². The molecule has 0 bridgehead atoms. The van der Waals surface area contributed by atoms with E-state index < -0.39 is 0 Å². The van der Waals surface area contributed by atoms with Gasteiger partial charge in [-0.05, 0) is 17.7 Å². The first kappa shape index (κ1) is 12.4. The van der Waals surface area contributed by atoms with Gasteiger partial charge >= 0.3 is 0 Å². The predicted octanol–water partition coefficient (Wildman–Crippen LogP) is 3.06. The van der Waals surface area contributed by atoms with Crippen molar-refractivity contribution in [1.29, 1.82) is 0 Å². The van der Waals surface area contributed by atoms with Crippen molar-refractivity contribution in [3.63, 3.8) is 0 Å². The molecule has 0 spiro atoms. The fraction of sp³-hybridized carbons (Fsp3) is 0.500. The molecule has 0 saturated carbocycles. The van der Waals surface area contributed by atoms with E-state index in [-0.39, 0.29) is 0 Å². The third-order valence-corrected chi connectivity index (χ3v) is 3.35. The fourth-order valence-corrected chi connectivity index (χ4v) is 2.48. The molecule has 0 aliphatic carbocycles. The Balaban J connectivity index is 0.000000531. The number of benzene rings is 1. The predicted molar refractivity (Wildman–Crippen MR) is 67.5 cm³/mol. The van der Waals surface area contributed by atoms with Crippen molar-refractivity contribution in [3.05, 3.63) is 29.8 Å². The smallest absolute Gasteiger partial charge is 0.118 e. The molecule has 0 aromatic heterocycles. The van der Waals surface area contributed by atoms with Crippen molar-refractivity contribution in [2.75, 3.05) is 19.4 Å². The first-order valence-corrected chi connectivity index (χ1v) is 6.44. The van der Waals surface area contributed by atoms with Crippen molar-refractivity contribution >= 4 is 11.8 Å². The molecule has 1 atom stereocenters. The minimum absolute atomic E-state index is 0.478.